The molecule has 2 aromatic rings. The van der Waals surface area contributed by atoms with Gasteiger partial charge in [-0.25, -0.2) is 9.78 Å². The second-order valence-electron chi connectivity index (χ2n) is 5.12. The van der Waals surface area contributed by atoms with E-state index in [0.717, 1.165) is 10.7 Å². The number of benzene rings is 1. The highest BCUT2D eigenvalue weighted by atomic mass is 32.2. The first kappa shape index (κ1) is 12.3. The van der Waals surface area contributed by atoms with E-state index in [-0.39, 0.29) is 16.5 Å². The van der Waals surface area contributed by atoms with Crippen LogP contribution >= 0.6 is 11.8 Å². The van der Waals surface area contributed by atoms with Gasteiger partial charge in [-0.1, -0.05) is 42.1 Å². The maximum atomic E-state index is 11.3. The summed E-state index contributed by atoms with van der Waals surface area (Å²) in [5.41, 5.74) is 1.36. The Labute approximate surface area is 115 Å². The van der Waals surface area contributed by atoms with Gasteiger partial charge in [-0.3, -0.25) is 0 Å². The van der Waals surface area contributed by atoms with Crippen molar-refractivity contribution in [3.8, 4) is 0 Å². The number of carboxylic acid groups (broad SMARTS) is 1. The van der Waals surface area contributed by atoms with Gasteiger partial charge in [-0.15, -0.1) is 0 Å². The van der Waals surface area contributed by atoms with Crippen molar-refractivity contribution in [2.75, 3.05) is 0 Å². The molecule has 98 valence electrons. The summed E-state index contributed by atoms with van der Waals surface area (Å²) in [5, 5.41) is 10.1. The van der Waals surface area contributed by atoms with Crippen molar-refractivity contribution >= 4 is 17.7 Å². The van der Waals surface area contributed by atoms with E-state index in [9.17, 15) is 9.90 Å². The molecule has 0 spiro atoms. The maximum absolute atomic E-state index is 11.3. The molecule has 1 atom stereocenters. The molecule has 1 aromatic carbocycles. The molecule has 1 aliphatic heterocycles. The first-order valence-corrected chi connectivity index (χ1v) is 6.87. The highest BCUT2D eigenvalue weighted by Gasteiger charge is 2.43. The Morgan fingerprint density at radius 2 is 2.05 bits per heavy atom. The molecular weight excluding hydrogens is 260 g/mol. The summed E-state index contributed by atoms with van der Waals surface area (Å²) in [7, 11) is 0. The average molecular weight is 274 g/mol. The van der Waals surface area contributed by atoms with Gasteiger partial charge in [0.2, 0.25) is 0 Å². The van der Waals surface area contributed by atoms with Gasteiger partial charge in [0.1, 0.15) is 5.69 Å². The van der Waals surface area contributed by atoms with Gasteiger partial charge in [-0.05, 0) is 19.4 Å². The van der Waals surface area contributed by atoms with Gasteiger partial charge < -0.3 is 9.67 Å². The van der Waals surface area contributed by atoms with Crippen LogP contribution in [0.1, 0.15) is 35.9 Å². The van der Waals surface area contributed by atoms with Gasteiger partial charge in [0.15, 0.2) is 5.16 Å². The van der Waals surface area contributed by atoms with E-state index in [1.54, 1.807) is 11.8 Å². The van der Waals surface area contributed by atoms with Gasteiger partial charge >= 0.3 is 5.97 Å². The molecule has 2 heterocycles. The zero-order valence-corrected chi connectivity index (χ0v) is 11.5. The van der Waals surface area contributed by atoms with E-state index in [2.05, 4.69) is 18.8 Å². The van der Waals surface area contributed by atoms with E-state index < -0.39 is 5.97 Å². The number of thioether (sulfide) groups is 1. The number of aromatic nitrogens is 2. The number of hydrogen-bond acceptors (Lipinski definition) is 3. The fraction of sp³-hybridized carbons (Fsp3) is 0.286. The lowest BCUT2D eigenvalue weighted by Gasteiger charge is -2.27. The quantitative estimate of drug-likeness (QED) is 0.914. The third kappa shape index (κ3) is 1.85. The van der Waals surface area contributed by atoms with Crippen molar-refractivity contribution in [3.63, 3.8) is 0 Å². The predicted octanol–water partition coefficient (Wildman–Crippen LogP) is 3.06. The SMILES string of the molecule is CC1(C)Sc2ncc(C(=O)O)n2C1c1ccccc1. The summed E-state index contributed by atoms with van der Waals surface area (Å²) in [5.74, 6) is -0.932. The standard InChI is InChI=1S/C14H14N2O2S/c1-14(2)11(9-6-4-3-5-7-9)16-10(12(17)18)8-15-13(16)19-14/h3-8,11H,1-2H3,(H,17,18). The molecule has 0 radical (unpaired) electrons. The Morgan fingerprint density at radius 1 is 1.37 bits per heavy atom. The average Bonchev–Trinajstić information content (AvgIpc) is 2.84. The Hall–Kier alpha value is -1.75. The van der Waals surface area contributed by atoms with Crippen LogP contribution in [0.5, 0.6) is 0 Å². The van der Waals surface area contributed by atoms with Gasteiger partial charge in [-0.2, -0.15) is 0 Å². The second-order valence-corrected chi connectivity index (χ2v) is 6.74. The second kappa shape index (κ2) is 4.13. The molecule has 5 heteroatoms. The van der Waals surface area contributed by atoms with Crippen LogP contribution in [-0.2, 0) is 0 Å². The number of rotatable bonds is 2. The minimum Gasteiger partial charge on any atom is -0.477 e. The van der Waals surface area contributed by atoms with E-state index in [4.69, 9.17) is 0 Å². The number of hydrogen-bond donors (Lipinski definition) is 1. The zero-order chi connectivity index (χ0) is 13.6. The summed E-state index contributed by atoms with van der Waals surface area (Å²) in [6, 6.07) is 9.98. The topological polar surface area (TPSA) is 55.1 Å². The lowest BCUT2D eigenvalue weighted by atomic mass is 9.95. The third-order valence-electron chi connectivity index (χ3n) is 3.37. The first-order valence-electron chi connectivity index (χ1n) is 6.05. The highest BCUT2D eigenvalue weighted by molar-refractivity contribution is 8.00. The molecule has 0 saturated heterocycles. The molecule has 1 N–H and O–H groups in total. The fourth-order valence-corrected chi connectivity index (χ4v) is 3.85. The molecule has 3 rings (SSSR count). The van der Waals surface area contributed by atoms with Gasteiger partial charge in [0, 0.05) is 4.75 Å². The Balaban J connectivity index is 2.19. The molecule has 0 fully saturated rings. The van der Waals surface area contributed by atoms with Crippen LogP contribution in [0.2, 0.25) is 0 Å². The number of aromatic carboxylic acids is 1. The Kier molecular flexibility index (Phi) is 2.67. The van der Waals surface area contributed by atoms with Crippen LogP contribution in [0.15, 0.2) is 41.7 Å². The number of carboxylic acids is 1. The highest BCUT2D eigenvalue weighted by Crippen LogP contribution is 2.51. The van der Waals surface area contributed by atoms with Crippen LogP contribution in [0, 0.1) is 0 Å². The molecule has 0 aliphatic carbocycles. The van der Waals surface area contributed by atoms with E-state index >= 15 is 0 Å². The number of imidazole rings is 1. The van der Waals surface area contributed by atoms with Crippen molar-refractivity contribution < 1.29 is 9.90 Å². The number of nitrogens with zero attached hydrogens (tertiary/aromatic N) is 2. The van der Waals surface area contributed by atoms with Crippen LogP contribution in [0.25, 0.3) is 0 Å². The largest absolute Gasteiger partial charge is 0.477 e. The molecule has 1 unspecified atom stereocenters. The third-order valence-corrected chi connectivity index (χ3v) is 4.60. The summed E-state index contributed by atoms with van der Waals surface area (Å²) < 4.78 is 1.72. The molecule has 0 amide bonds. The van der Waals surface area contributed by atoms with Crippen LogP contribution < -0.4 is 0 Å². The molecular formula is C14H14N2O2S. The van der Waals surface area contributed by atoms with Gasteiger partial charge in [0.05, 0.1) is 12.2 Å². The maximum Gasteiger partial charge on any atom is 0.354 e. The summed E-state index contributed by atoms with van der Waals surface area (Å²) in [4.78, 5) is 15.6. The first-order chi connectivity index (χ1) is 9.00. The smallest absolute Gasteiger partial charge is 0.354 e. The number of fused-ring (bicyclic) bond motifs is 1. The van der Waals surface area contributed by atoms with Crippen molar-refractivity contribution in [3.05, 3.63) is 47.8 Å². The van der Waals surface area contributed by atoms with E-state index in [1.165, 1.54) is 6.20 Å². The summed E-state index contributed by atoms with van der Waals surface area (Å²) in [6.45, 7) is 4.24. The molecule has 1 aromatic heterocycles. The lowest BCUT2D eigenvalue weighted by molar-refractivity contribution is 0.0682. The molecule has 1 aliphatic rings. The minimum absolute atomic E-state index is 0.0118. The number of carbonyl (C=O) groups is 1. The molecule has 0 saturated carbocycles. The molecule has 4 nitrogen and oxygen atoms in total. The van der Waals surface area contributed by atoms with Gasteiger partial charge in [0.25, 0.3) is 0 Å². The predicted molar refractivity (Wildman–Crippen MR) is 73.7 cm³/mol. The normalized spacial score (nSPS) is 20.2. The van der Waals surface area contributed by atoms with Crippen molar-refractivity contribution in [1.29, 1.82) is 0 Å². The van der Waals surface area contributed by atoms with Crippen molar-refractivity contribution in [1.82, 2.24) is 9.55 Å². The van der Waals surface area contributed by atoms with Crippen LogP contribution in [-0.4, -0.2) is 25.4 Å². The van der Waals surface area contributed by atoms with Crippen molar-refractivity contribution in [2.24, 2.45) is 0 Å². The molecule has 19 heavy (non-hydrogen) atoms. The van der Waals surface area contributed by atoms with E-state index in [1.807, 2.05) is 34.9 Å². The summed E-state index contributed by atoms with van der Waals surface area (Å²) in [6.07, 6.45) is 1.44. The monoisotopic (exact) mass is 274 g/mol. The molecule has 0 bridgehead atoms. The van der Waals surface area contributed by atoms with Crippen LogP contribution in [0.3, 0.4) is 0 Å². The van der Waals surface area contributed by atoms with E-state index in [0.29, 0.717) is 0 Å². The fourth-order valence-electron chi connectivity index (χ4n) is 2.61. The zero-order valence-electron chi connectivity index (χ0n) is 10.7. The lowest BCUT2D eigenvalue weighted by Crippen LogP contribution is -2.27. The Bertz CT molecular complexity index is 634. The van der Waals surface area contributed by atoms with Crippen molar-refractivity contribution in [2.45, 2.75) is 29.8 Å². The minimum atomic E-state index is -0.932. The Morgan fingerprint density at radius 3 is 2.68 bits per heavy atom. The van der Waals surface area contributed by atoms with Crippen LogP contribution in [0.4, 0.5) is 0 Å². The summed E-state index contributed by atoms with van der Waals surface area (Å²) >= 11 is 1.62.